The number of carbonyl (C=O) groups is 3. The molecule has 0 radical (unpaired) electrons. The minimum atomic E-state index is -0.961. The van der Waals surface area contributed by atoms with Crippen molar-refractivity contribution in [3.8, 4) is 0 Å². The first-order valence-corrected chi connectivity index (χ1v) is 9.00. The summed E-state index contributed by atoms with van der Waals surface area (Å²) in [6.45, 7) is 1.64. The van der Waals surface area contributed by atoms with Gasteiger partial charge < -0.3 is 5.32 Å². The summed E-state index contributed by atoms with van der Waals surface area (Å²) in [6.07, 6.45) is 0. The molecule has 4 rings (SSSR count). The van der Waals surface area contributed by atoms with Crippen LogP contribution in [0.15, 0.2) is 58.9 Å². The molecular weight excluding hydrogens is 382 g/mol. The summed E-state index contributed by atoms with van der Waals surface area (Å²) in [7, 11) is 0. The smallest absolute Gasteiger partial charge is 0.263 e. The van der Waals surface area contributed by atoms with Crippen molar-refractivity contribution in [2.45, 2.75) is 19.0 Å². The van der Waals surface area contributed by atoms with E-state index in [0.717, 1.165) is 10.5 Å². The number of carbonyl (C=O) groups excluding carboxylic acids is 3. The van der Waals surface area contributed by atoms with Crippen LogP contribution in [0, 0.1) is 6.92 Å². The molecule has 2 aliphatic heterocycles. The molecule has 1 fully saturated rings. The molecule has 28 heavy (non-hydrogen) atoms. The van der Waals surface area contributed by atoms with E-state index in [1.165, 1.54) is 5.01 Å². The number of anilines is 2. The van der Waals surface area contributed by atoms with Crippen molar-refractivity contribution in [2.24, 2.45) is 10.3 Å². The summed E-state index contributed by atoms with van der Waals surface area (Å²) in [5, 5.41) is 12.2. The molecule has 8 nitrogen and oxygen atoms in total. The maximum atomic E-state index is 12.9. The maximum Gasteiger partial charge on any atom is 0.263 e. The molecule has 0 saturated carbocycles. The fraction of sp³-hybridized carbons (Fsp3) is 0.211. The number of rotatable bonds is 4. The third-order valence-electron chi connectivity index (χ3n) is 4.63. The number of imide groups is 1. The normalized spacial score (nSPS) is 20.6. The van der Waals surface area contributed by atoms with E-state index >= 15 is 0 Å². The molecule has 0 aliphatic carbocycles. The first-order chi connectivity index (χ1) is 13.5. The van der Waals surface area contributed by atoms with Gasteiger partial charge in [0.1, 0.15) is 6.54 Å². The Bertz CT molecular complexity index is 994. The van der Waals surface area contributed by atoms with Gasteiger partial charge in [0, 0.05) is 10.7 Å². The van der Waals surface area contributed by atoms with Crippen LogP contribution in [0.3, 0.4) is 0 Å². The molecule has 9 heteroatoms. The first kappa shape index (κ1) is 18.1. The number of nitrogens with one attached hydrogen (secondary N) is 1. The minimum absolute atomic E-state index is 0.193. The zero-order chi connectivity index (χ0) is 19.8. The molecular formula is C19H16ClN5O3. The second kappa shape index (κ2) is 7.05. The Morgan fingerprint density at radius 1 is 1.14 bits per heavy atom. The Hall–Kier alpha value is -3.26. The first-order valence-electron chi connectivity index (χ1n) is 8.62. The van der Waals surface area contributed by atoms with Crippen molar-refractivity contribution in [1.29, 1.82) is 0 Å². The van der Waals surface area contributed by atoms with Crippen LogP contribution in [-0.4, -0.2) is 41.4 Å². The molecule has 2 aliphatic rings. The molecule has 3 amide bonds. The van der Waals surface area contributed by atoms with E-state index in [9.17, 15) is 14.4 Å². The quantitative estimate of drug-likeness (QED) is 0.802. The van der Waals surface area contributed by atoms with Gasteiger partial charge in [-0.1, -0.05) is 41.1 Å². The Balaban J connectivity index is 1.51. The van der Waals surface area contributed by atoms with Crippen molar-refractivity contribution in [1.82, 2.24) is 5.01 Å². The lowest BCUT2D eigenvalue weighted by atomic mass is 10.1. The summed E-state index contributed by atoms with van der Waals surface area (Å²) >= 11 is 6.13. The van der Waals surface area contributed by atoms with Crippen molar-refractivity contribution in [3.63, 3.8) is 0 Å². The molecule has 0 spiro atoms. The highest BCUT2D eigenvalue weighted by atomic mass is 35.5. The highest BCUT2D eigenvalue weighted by Gasteiger charge is 2.55. The molecule has 2 aromatic carbocycles. The van der Waals surface area contributed by atoms with Gasteiger partial charge in [0.15, 0.2) is 12.1 Å². The fourth-order valence-corrected chi connectivity index (χ4v) is 3.37. The van der Waals surface area contributed by atoms with E-state index in [4.69, 9.17) is 11.6 Å². The number of halogens is 1. The monoisotopic (exact) mass is 397 g/mol. The number of para-hydroxylation sites is 1. The van der Waals surface area contributed by atoms with Gasteiger partial charge in [-0.25, -0.2) is 4.90 Å². The second-order valence-electron chi connectivity index (χ2n) is 6.55. The van der Waals surface area contributed by atoms with Crippen LogP contribution in [0.25, 0.3) is 0 Å². The van der Waals surface area contributed by atoms with Crippen molar-refractivity contribution < 1.29 is 14.4 Å². The van der Waals surface area contributed by atoms with Crippen molar-refractivity contribution in [2.75, 3.05) is 16.8 Å². The SMILES string of the molecule is Cc1ccc(N2C(=O)C3N=NN(CC(=O)Nc4ccccc4)C3C2=O)cc1Cl. The van der Waals surface area contributed by atoms with Crippen molar-refractivity contribution in [3.05, 3.63) is 59.1 Å². The van der Waals surface area contributed by atoms with Crippen LogP contribution in [0.2, 0.25) is 5.02 Å². The lowest BCUT2D eigenvalue weighted by Crippen LogP contribution is -2.43. The van der Waals surface area contributed by atoms with Crippen LogP contribution < -0.4 is 10.2 Å². The molecule has 0 aromatic heterocycles. The lowest BCUT2D eigenvalue weighted by molar-refractivity contribution is -0.123. The summed E-state index contributed by atoms with van der Waals surface area (Å²) in [6, 6.07) is 12.0. The van der Waals surface area contributed by atoms with E-state index in [2.05, 4.69) is 15.7 Å². The third-order valence-corrected chi connectivity index (χ3v) is 5.04. The van der Waals surface area contributed by atoms with Gasteiger partial charge in [-0.3, -0.25) is 19.4 Å². The third kappa shape index (κ3) is 3.11. The second-order valence-corrected chi connectivity index (χ2v) is 6.96. The average Bonchev–Trinajstić information content (AvgIpc) is 3.18. The molecule has 142 valence electrons. The number of hydrogen-bond donors (Lipinski definition) is 1. The number of hydrogen-bond acceptors (Lipinski definition) is 6. The van der Waals surface area contributed by atoms with E-state index in [1.54, 1.807) is 42.5 Å². The molecule has 1 N–H and O–H groups in total. The fourth-order valence-electron chi connectivity index (χ4n) is 3.20. The van der Waals surface area contributed by atoms with Gasteiger partial charge in [0.2, 0.25) is 5.91 Å². The van der Waals surface area contributed by atoms with Gasteiger partial charge in [-0.15, -0.1) is 0 Å². The number of fused-ring (bicyclic) bond motifs is 1. The topological polar surface area (TPSA) is 94.4 Å². The molecule has 1 saturated heterocycles. The molecule has 2 aromatic rings. The number of aryl methyl sites for hydroxylation is 1. The molecule has 2 unspecified atom stereocenters. The summed E-state index contributed by atoms with van der Waals surface area (Å²) in [5.74, 6) is -1.32. The number of amides is 3. The Labute approximate surface area is 165 Å². The van der Waals surface area contributed by atoms with Crippen LogP contribution in [0.1, 0.15) is 5.56 Å². The van der Waals surface area contributed by atoms with Crippen LogP contribution in [0.4, 0.5) is 11.4 Å². The van der Waals surface area contributed by atoms with Crippen LogP contribution in [-0.2, 0) is 14.4 Å². The maximum absolute atomic E-state index is 12.9. The van der Waals surface area contributed by atoms with Crippen molar-refractivity contribution >= 4 is 40.7 Å². The number of benzene rings is 2. The van der Waals surface area contributed by atoms with Gasteiger partial charge in [-0.05, 0) is 36.8 Å². The average molecular weight is 398 g/mol. The Kier molecular flexibility index (Phi) is 4.56. The lowest BCUT2D eigenvalue weighted by Gasteiger charge is -2.20. The van der Waals surface area contributed by atoms with E-state index < -0.39 is 23.9 Å². The minimum Gasteiger partial charge on any atom is -0.324 e. The molecule has 2 heterocycles. The van der Waals surface area contributed by atoms with Gasteiger partial charge >= 0.3 is 0 Å². The van der Waals surface area contributed by atoms with Crippen LogP contribution in [0.5, 0.6) is 0 Å². The highest BCUT2D eigenvalue weighted by Crippen LogP contribution is 2.33. The molecule has 2 atom stereocenters. The van der Waals surface area contributed by atoms with Gasteiger partial charge in [0.05, 0.1) is 5.69 Å². The largest absolute Gasteiger partial charge is 0.324 e. The zero-order valence-corrected chi connectivity index (χ0v) is 15.6. The summed E-state index contributed by atoms with van der Waals surface area (Å²) < 4.78 is 0. The zero-order valence-electron chi connectivity index (χ0n) is 14.9. The standard InChI is InChI=1S/C19H16ClN5O3/c1-11-7-8-13(9-14(11)20)25-18(27)16-17(19(25)28)24(23-22-16)10-15(26)21-12-5-3-2-4-6-12/h2-9,16-17H,10H2,1H3,(H,21,26). The summed E-state index contributed by atoms with van der Waals surface area (Å²) in [5.41, 5.74) is 1.84. The van der Waals surface area contributed by atoms with E-state index in [1.807, 2.05) is 13.0 Å². The van der Waals surface area contributed by atoms with Gasteiger partial charge in [0.25, 0.3) is 11.8 Å². The Morgan fingerprint density at radius 3 is 2.61 bits per heavy atom. The van der Waals surface area contributed by atoms with E-state index in [-0.39, 0.29) is 12.5 Å². The Morgan fingerprint density at radius 2 is 1.89 bits per heavy atom. The van der Waals surface area contributed by atoms with Gasteiger partial charge in [-0.2, -0.15) is 5.11 Å². The van der Waals surface area contributed by atoms with E-state index in [0.29, 0.717) is 16.4 Å². The number of nitrogens with zero attached hydrogens (tertiary/aromatic N) is 4. The predicted octanol–water partition coefficient (Wildman–Crippen LogP) is 2.58. The predicted molar refractivity (Wildman–Crippen MR) is 103 cm³/mol. The highest BCUT2D eigenvalue weighted by molar-refractivity contribution is 6.32. The molecule has 0 bridgehead atoms. The van der Waals surface area contributed by atoms with Crippen LogP contribution >= 0.6 is 11.6 Å². The summed E-state index contributed by atoms with van der Waals surface area (Å²) in [4.78, 5) is 39.0.